The average molecular weight is 231 g/mol. The van der Waals surface area contributed by atoms with Crippen molar-refractivity contribution in [1.29, 1.82) is 0 Å². The summed E-state index contributed by atoms with van der Waals surface area (Å²) in [5, 5.41) is 0. The predicted octanol–water partition coefficient (Wildman–Crippen LogP) is 1.69. The molecule has 4 nitrogen and oxygen atoms in total. The number of imidazole rings is 1. The first-order valence-corrected chi connectivity index (χ1v) is 6.13. The number of nitrogens with two attached hydrogens (primary N) is 1. The Kier molecular flexibility index (Phi) is 2.82. The van der Waals surface area contributed by atoms with Gasteiger partial charge in [-0.15, -0.1) is 0 Å². The summed E-state index contributed by atoms with van der Waals surface area (Å²) in [6.07, 6.45) is 4.40. The number of nitrogens with zero attached hydrogens (tertiary/aromatic N) is 2. The standard InChI is InChI=1S/C13H17N3O/c14-7-11-4-1-5-13-15-12(8-16(11)13)10-3-2-6-17-9-10/h1,4-5,8,10H,2-3,6-7,9,14H2. The summed E-state index contributed by atoms with van der Waals surface area (Å²) in [6, 6.07) is 6.06. The number of aromatic nitrogens is 2. The summed E-state index contributed by atoms with van der Waals surface area (Å²) in [7, 11) is 0. The van der Waals surface area contributed by atoms with Gasteiger partial charge in [-0.25, -0.2) is 4.98 Å². The summed E-state index contributed by atoms with van der Waals surface area (Å²) in [6.45, 7) is 2.22. The molecular weight excluding hydrogens is 214 g/mol. The Morgan fingerprint density at radius 3 is 3.18 bits per heavy atom. The first-order valence-electron chi connectivity index (χ1n) is 6.13. The zero-order valence-electron chi connectivity index (χ0n) is 9.80. The molecule has 0 aliphatic carbocycles. The van der Waals surface area contributed by atoms with E-state index in [1.165, 1.54) is 6.42 Å². The van der Waals surface area contributed by atoms with Gasteiger partial charge in [0, 0.05) is 31.0 Å². The van der Waals surface area contributed by atoms with Crippen molar-refractivity contribution in [2.45, 2.75) is 25.3 Å². The molecule has 90 valence electrons. The van der Waals surface area contributed by atoms with Gasteiger partial charge in [0.2, 0.25) is 0 Å². The van der Waals surface area contributed by atoms with Gasteiger partial charge >= 0.3 is 0 Å². The Labute approximate surface area is 100 Å². The van der Waals surface area contributed by atoms with Crippen molar-refractivity contribution < 1.29 is 4.74 Å². The van der Waals surface area contributed by atoms with E-state index >= 15 is 0 Å². The molecule has 0 spiro atoms. The third-order valence-electron chi connectivity index (χ3n) is 3.38. The molecule has 3 heterocycles. The fourth-order valence-corrected chi connectivity index (χ4v) is 2.42. The number of ether oxygens (including phenoxy) is 1. The van der Waals surface area contributed by atoms with Crippen LogP contribution < -0.4 is 5.73 Å². The van der Waals surface area contributed by atoms with E-state index in [1.807, 2.05) is 18.2 Å². The molecule has 1 aliphatic heterocycles. The van der Waals surface area contributed by atoms with Crippen LogP contribution in [0.5, 0.6) is 0 Å². The smallest absolute Gasteiger partial charge is 0.137 e. The summed E-state index contributed by atoms with van der Waals surface area (Å²) >= 11 is 0. The molecule has 2 N–H and O–H groups in total. The molecule has 4 heteroatoms. The van der Waals surface area contributed by atoms with Gasteiger partial charge in [-0.05, 0) is 25.0 Å². The molecule has 1 fully saturated rings. The molecule has 2 aromatic heterocycles. The van der Waals surface area contributed by atoms with Gasteiger partial charge in [-0.2, -0.15) is 0 Å². The van der Waals surface area contributed by atoms with Crippen molar-refractivity contribution >= 4 is 5.65 Å². The Morgan fingerprint density at radius 2 is 2.41 bits per heavy atom. The minimum Gasteiger partial charge on any atom is -0.381 e. The zero-order valence-corrected chi connectivity index (χ0v) is 9.80. The maximum Gasteiger partial charge on any atom is 0.137 e. The maximum absolute atomic E-state index is 5.73. The number of pyridine rings is 1. The Morgan fingerprint density at radius 1 is 1.47 bits per heavy atom. The van der Waals surface area contributed by atoms with Crippen LogP contribution in [0.15, 0.2) is 24.4 Å². The van der Waals surface area contributed by atoms with E-state index in [4.69, 9.17) is 10.5 Å². The first kappa shape index (κ1) is 10.7. The molecule has 2 aromatic rings. The molecule has 0 aromatic carbocycles. The molecular formula is C13H17N3O. The van der Waals surface area contributed by atoms with Gasteiger partial charge in [0.15, 0.2) is 0 Å². The minimum atomic E-state index is 0.439. The number of hydrogen-bond acceptors (Lipinski definition) is 3. The highest BCUT2D eigenvalue weighted by atomic mass is 16.5. The predicted molar refractivity (Wildman–Crippen MR) is 65.9 cm³/mol. The monoisotopic (exact) mass is 231 g/mol. The first-order chi connectivity index (χ1) is 8.38. The lowest BCUT2D eigenvalue weighted by atomic mass is 9.99. The second-order valence-corrected chi connectivity index (χ2v) is 4.53. The third kappa shape index (κ3) is 1.94. The normalized spacial score (nSPS) is 20.9. The molecule has 17 heavy (non-hydrogen) atoms. The van der Waals surface area contributed by atoms with Crippen LogP contribution in [0, 0.1) is 0 Å². The molecule has 1 atom stereocenters. The lowest BCUT2D eigenvalue weighted by Gasteiger charge is -2.19. The molecule has 0 saturated carbocycles. The van der Waals surface area contributed by atoms with Crippen molar-refractivity contribution in [3.05, 3.63) is 35.8 Å². The van der Waals surface area contributed by atoms with E-state index in [2.05, 4.69) is 15.6 Å². The number of fused-ring (bicyclic) bond motifs is 1. The van der Waals surface area contributed by atoms with Gasteiger partial charge in [-0.3, -0.25) is 0 Å². The quantitative estimate of drug-likeness (QED) is 0.855. The van der Waals surface area contributed by atoms with Gasteiger partial charge in [0.25, 0.3) is 0 Å². The van der Waals surface area contributed by atoms with Gasteiger partial charge in [-0.1, -0.05) is 6.07 Å². The van der Waals surface area contributed by atoms with Crippen LogP contribution in [0.1, 0.15) is 30.1 Å². The topological polar surface area (TPSA) is 52.5 Å². The highest BCUT2D eigenvalue weighted by Gasteiger charge is 2.19. The molecule has 0 radical (unpaired) electrons. The molecule has 1 aliphatic rings. The van der Waals surface area contributed by atoms with Crippen LogP contribution in [0.4, 0.5) is 0 Å². The van der Waals surface area contributed by atoms with E-state index in [9.17, 15) is 0 Å². The number of hydrogen-bond donors (Lipinski definition) is 1. The van der Waals surface area contributed by atoms with Crippen LogP contribution in [0.3, 0.4) is 0 Å². The fourth-order valence-electron chi connectivity index (χ4n) is 2.42. The highest BCUT2D eigenvalue weighted by Crippen LogP contribution is 2.25. The van der Waals surface area contributed by atoms with E-state index in [0.29, 0.717) is 12.5 Å². The van der Waals surface area contributed by atoms with Gasteiger partial charge in [0.1, 0.15) is 5.65 Å². The molecule has 1 saturated heterocycles. The summed E-state index contributed by atoms with van der Waals surface area (Å²) in [4.78, 5) is 4.67. The van der Waals surface area contributed by atoms with Crippen molar-refractivity contribution in [2.24, 2.45) is 5.73 Å². The fraction of sp³-hybridized carbons (Fsp3) is 0.462. The minimum absolute atomic E-state index is 0.439. The lowest BCUT2D eigenvalue weighted by Crippen LogP contribution is -2.15. The third-order valence-corrected chi connectivity index (χ3v) is 3.38. The Bertz CT molecular complexity index is 514. The zero-order chi connectivity index (χ0) is 11.7. The Hall–Kier alpha value is -1.39. The van der Waals surface area contributed by atoms with Crippen LogP contribution in [-0.4, -0.2) is 22.6 Å². The van der Waals surface area contributed by atoms with E-state index in [0.717, 1.165) is 36.7 Å². The van der Waals surface area contributed by atoms with Crippen LogP contribution in [-0.2, 0) is 11.3 Å². The van der Waals surface area contributed by atoms with Crippen molar-refractivity contribution in [2.75, 3.05) is 13.2 Å². The number of rotatable bonds is 2. The van der Waals surface area contributed by atoms with Gasteiger partial charge in [0.05, 0.1) is 12.3 Å². The Balaban J connectivity index is 2.00. The van der Waals surface area contributed by atoms with Crippen molar-refractivity contribution in [3.8, 4) is 0 Å². The second kappa shape index (κ2) is 4.47. The van der Waals surface area contributed by atoms with Crippen LogP contribution >= 0.6 is 0 Å². The SMILES string of the molecule is NCc1cccc2nc(C3CCCOC3)cn12. The van der Waals surface area contributed by atoms with E-state index < -0.39 is 0 Å². The van der Waals surface area contributed by atoms with Gasteiger partial charge < -0.3 is 14.9 Å². The summed E-state index contributed by atoms with van der Waals surface area (Å²) in [5.41, 5.74) is 8.94. The van der Waals surface area contributed by atoms with Crippen LogP contribution in [0.25, 0.3) is 5.65 Å². The van der Waals surface area contributed by atoms with E-state index in [-0.39, 0.29) is 0 Å². The van der Waals surface area contributed by atoms with Crippen LogP contribution in [0.2, 0.25) is 0 Å². The van der Waals surface area contributed by atoms with E-state index in [1.54, 1.807) is 0 Å². The summed E-state index contributed by atoms with van der Waals surface area (Å²) < 4.78 is 7.60. The van der Waals surface area contributed by atoms with Crippen molar-refractivity contribution in [3.63, 3.8) is 0 Å². The highest BCUT2D eigenvalue weighted by molar-refractivity contribution is 5.42. The largest absolute Gasteiger partial charge is 0.381 e. The lowest BCUT2D eigenvalue weighted by molar-refractivity contribution is 0.0794. The average Bonchev–Trinajstić information content (AvgIpc) is 2.83. The molecule has 0 amide bonds. The molecule has 1 unspecified atom stereocenters. The second-order valence-electron chi connectivity index (χ2n) is 4.53. The summed E-state index contributed by atoms with van der Waals surface area (Å²) in [5.74, 6) is 0.439. The van der Waals surface area contributed by atoms with Crippen molar-refractivity contribution in [1.82, 2.24) is 9.38 Å². The maximum atomic E-state index is 5.73. The molecule has 0 bridgehead atoms. The molecule has 3 rings (SSSR count).